The van der Waals surface area contributed by atoms with Gasteiger partial charge in [0.1, 0.15) is 6.29 Å². The van der Waals surface area contributed by atoms with Crippen LogP contribution in [0, 0.1) is 0 Å². The number of amides is 1. The molecule has 0 radical (unpaired) electrons. The van der Waals surface area contributed by atoms with Crippen molar-refractivity contribution in [3.8, 4) is 0 Å². The number of benzene rings is 1. The molecule has 2 rings (SSSR count). The third-order valence-corrected chi connectivity index (χ3v) is 2.30. The molecule has 0 fully saturated rings. The average Bonchev–Trinajstić information content (AvgIpc) is 2.77. The lowest BCUT2D eigenvalue weighted by Crippen LogP contribution is -2.10. The Kier molecular flexibility index (Phi) is 3.25. The fraction of sp³-hybridized carbons (Fsp3) is 0. The molecule has 0 saturated heterocycles. The Hall–Kier alpha value is -2.07. The summed E-state index contributed by atoms with van der Waals surface area (Å²) >= 11 is 5.56. The van der Waals surface area contributed by atoms with Crippen LogP contribution in [0.4, 0.5) is 5.69 Å². The summed E-state index contributed by atoms with van der Waals surface area (Å²) in [6.07, 6.45) is 0.734. The molecule has 17 heavy (non-hydrogen) atoms. The quantitative estimate of drug-likeness (QED) is 0.851. The number of hydrogen-bond donors (Lipinski definition) is 1. The van der Waals surface area contributed by atoms with E-state index in [0.29, 0.717) is 11.3 Å². The monoisotopic (exact) mass is 249 g/mol. The van der Waals surface area contributed by atoms with Crippen molar-refractivity contribution in [2.45, 2.75) is 0 Å². The summed E-state index contributed by atoms with van der Waals surface area (Å²) in [5, 5.41) is 2.77. The summed E-state index contributed by atoms with van der Waals surface area (Å²) in [6.45, 7) is 0. The van der Waals surface area contributed by atoms with Crippen LogP contribution in [0.3, 0.4) is 0 Å². The van der Waals surface area contributed by atoms with E-state index in [1.807, 2.05) is 0 Å². The maximum Gasteiger partial charge on any atom is 0.291 e. The molecule has 86 valence electrons. The Morgan fingerprint density at radius 1 is 1.18 bits per heavy atom. The standard InChI is InChI=1S/C12H8ClNO3/c13-11-6-5-10(17-11)12(16)14-9-3-1-8(7-15)2-4-9/h1-7H,(H,14,16). The highest BCUT2D eigenvalue weighted by molar-refractivity contribution is 6.29. The minimum atomic E-state index is -0.393. The van der Waals surface area contributed by atoms with Gasteiger partial charge in [0.15, 0.2) is 11.0 Å². The lowest BCUT2D eigenvalue weighted by atomic mass is 10.2. The number of aldehydes is 1. The van der Waals surface area contributed by atoms with E-state index in [1.54, 1.807) is 24.3 Å². The van der Waals surface area contributed by atoms with Crippen LogP contribution in [0.5, 0.6) is 0 Å². The molecular formula is C12H8ClNO3. The zero-order valence-corrected chi connectivity index (χ0v) is 9.40. The van der Waals surface area contributed by atoms with Gasteiger partial charge >= 0.3 is 0 Å². The van der Waals surface area contributed by atoms with Crippen molar-refractivity contribution in [2.75, 3.05) is 5.32 Å². The third-order valence-electron chi connectivity index (χ3n) is 2.10. The maximum atomic E-state index is 11.6. The molecule has 0 bridgehead atoms. The molecule has 1 heterocycles. The SMILES string of the molecule is O=Cc1ccc(NC(=O)c2ccc(Cl)o2)cc1. The van der Waals surface area contributed by atoms with Gasteiger partial charge in [0.25, 0.3) is 5.91 Å². The molecule has 0 spiro atoms. The molecule has 0 atom stereocenters. The van der Waals surface area contributed by atoms with Crippen LogP contribution in [0.15, 0.2) is 40.8 Å². The van der Waals surface area contributed by atoms with Gasteiger partial charge in [-0.3, -0.25) is 9.59 Å². The molecule has 0 saturated carbocycles. The minimum absolute atomic E-state index is 0.134. The average molecular weight is 250 g/mol. The van der Waals surface area contributed by atoms with Crippen LogP contribution in [0.2, 0.25) is 5.22 Å². The van der Waals surface area contributed by atoms with Gasteiger partial charge in [0, 0.05) is 11.3 Å². The Morgan fingerprint density at radius 3 is 2.41 bits per heavy atom. The first-order chi connectivity index (χ1) is 8.19. The zero-order chi connectivity index (χ0) is 12.3. The summed E-state index contributed by atoms with van der Waals surface area (Å²) in [6, 6.07) is 9.46. The first-order valence-electron chi connectivity index (χ1n) is 4.81. The van der Waals surface area contributed by atoms with E-state index in [0.717, 1.165) is 6.29 Å². The number of carbonyl (C=O) groups excluding carboxylic acids is 2. The molecular weight excluding hydrogens is 242 g/mol. The normalized spacial score (nSPS) is 9.94. The van der Waals surface area contributed by atoms with Crippen molar-refractivity contribution >= 4 is 29.5 Å². The first kappa shape index (κ1) is 11.4. The van der Waals surface area contributed by atoms with Crippen molar-refractivity contribution in [3.05, 3.63) is 52.9 Å². The fourth-order valence-corrected chi connectivity index (χ4v) is 1.42. The molecule has 0 aliphatic carbocycles. The van der Waals surface area contributed by atoms with Crippen molar-refractivity contribution in [1.29, 1.82) is 0 Å². The number of nitrogens with one attached hydrogen (secondary N) is 1. The van der Waals surface area contributed by atoms with Gasteiger partial charge in [-0.1, -0.05) is 0 Å². The van der Waals surface area contributed by atoms with E-state index in [4.69, 9.17) is 16.0 Å². The predicted molar refractivity (Wildman–Crippen MR) is 63.5 cm³/mol. The second kappa shape index (κ2) is 4.84. The van der Waals surface area contributed by atoms with Crippen LogP contribution in [0.25, 0.3) is 0 Å². The highest BCUT2D eigenvalue weighted by atomic mass is 35.5. The third kappa shape index (κ3) is 2.73. The minimum Gasteiger partial charge on any atom is -0.440 e. The van der Waals surface area contributed by atoms with Crippen LogP contribution < -0.4 is 5.32 Å². The molecule has 0 aliphatic heterocycles. The number of furan rings is 1. The number of rotatable bonds is 3. The second-order valence-corrected chi connectivity index (χ2v) is 3.67. The van der Waals surface area contributed by atoms with E-state index < -0.39 is 5.91 Å². The van der Waals surface area contributed by atoms with Gasteiger partial charge in [0.05, 0.1) is 0 Å². The second-order valence-electron chi connectivity index (χ2n) is 3.30. The molecule has 4 nitrogen and oxygen atoms in total. The van der Waals surface area contributed by atoms with Gasteiger partial charge in [0.2, 0.25) is 0 Å². The summed E-state index contributed by atoms with van der Waals surface area (Å²) in [4.78, 5) is 22.1. The Morgan fingerprint density at radius 2 is 1.88 bits per heavy atom. The van der Waals surface area contributed by atoms with Gasteiger partial charge in [-0.25, -0.2) is 0 Å². The Bertz CT molecular complexity index is 545. The molecule has 1 N–H and O–H groups in total. The van der Waals surface area contributed by atoms with Gasteiger partial charge < -0.3 is 9.73 Å². The predicted octanol–water partition coefficient (Wildman–Crippen LogP) is 3.00. The van der Waals surface area contributed by atoms with Gasteiger partial charge in [-0.15, -0.1) is 0 Å². The van der Waals surface area contributed by atoms with Crippen molar-refractivity contribution < 1.29 is 14.0 Å². The van der Waals surface area contributed by atoms with E-state index in [-0.39, 0.29) is 11.0 Å². The lowest BCUT2D eigenvalue weighted by Gasteiger charge is -2.02. The van der Waals surface area contributed by atoms with E-state index >= 15 is 0 Å². The van der Waals surface area contributed by atoms with Crippen LogP contribution in [-0.2, 0) is 0 Å². The summed E-state index contributed by atoms with van der Waals surface area (Å²) < 4.78 is 4.96. The molecule has 0 unspecified atom stereocenters. The fourth-order valence-electron chi connectivity index (χ4n) is 1.27. The molecule has 0 aliphatic rings. The number of anilines is 1. The summed E-state index contributed by atoms with van der Waals surface area (Å²) in [7, 11) is 0. The van der Waals surface area contributed by atoms with Crippen molar-refractivity contribution in [1.82, 2.24) is 0 Å². The maximum absolute atomic E-state index is 11.6. The number of carbonyl (C=O) groups is 2. The van der Waals surface area contributed by atoms with Crippen LogP contribution in [0.1, 0.15) is 20.9 Å². The van der Waals surface area contributed by atoms with Gasteiger partial charge in [-0.2, -0.15) is 0 Å². The zero-order valence-electron chi connectivity index (χ0n) is 8.64. The number of hydrogen-bond acceptors (Lipinski definition) is 3. The van der Waals surface area contributed by atoms with Gasteiger partial charge in [-0.05, 0) is 48.0 Å². The van der Waals surface area contributed by atoms with E-state index in [2.05, 4.69) is 5.32 Å². The summed E-state index contributed by atoms with van der Waals surface area (Å²) in [5.74, 6) is -0.259. The van der Waals surface area contributed by atoms with Crippen molar-refractivity contribution in [2.24, 2.45) is 0 Å². The van der Waals surface area contributed by atoms with Crippen LogP contribution >= 0.6 is 11.6 Å². The molecule has 5 heteroatoms. The molecule has 1 aromatic carbocycles. The molecule has 1 amide bonds. The topological polar surface area (TPSA) is 59.3 Å². The lowest BCUT2D eigenvalue weighted by molar-refractivity contribution is 0.0996. The van der Waals surface area contributed by atoms with Crippen LogP contribution in [-0.4, -0.2) is 12.2 Å². The summed E-state index contributed by atoms with van der Waals surface area (Å²) in [5.41, 5.74) is 1.12. The van der Waals surface area contributed by atoms with Crippen molar-refractivity contribution in [3.63, 3.8) is 0 Å². The largest absolute Gasteiger partial charge is 0.440 e. The Labute approximate surface area is 102 Å². The Balaban J connectivity index is 2.10. The highest BCUT2D eigenvalue weighted by Crippen LogP contribution is 2.15. The van der Waals surface area contributed by atoms with E-state index in [1.165, 1.54) is 12.1 Å². The molecule has 1 aromatic heterocycles. The smallest absolute Gasteiger partial charge is 0.291 e. The highest BCUT2D eigenvalue weighted by Gasteiger charge is 2.10. The van der Waals surface area contributed by atoms with E-state index in [9.17, 15) is 9.59 Å². The molecule has 2 aromatic rings. The number of halogens is 1. The first-order valence-corrected chi connectivity index (χ1v) is 5.19.